The van der Waals surface area contributed by atoms with Crippen LogP contribution >= 0.6 is 0 Å². The number of rotatable bonds is 2. The highest BCUT2D eigenvalue weighted by Crippen LogP contribution is 2.51. The molecule has 2 aliphatic rings. The maximum Gasteiger partial charge on any atom is 0.0947 e. The smallest absolute Gasteiger partial charge is 0.0947 e. The van der Waals surface area contributed by atoms with Gasteiger partial charge in [0, 0.05) is 34.8 Å². The van der Waals surface area contributed by atoms with Gasteiger partial charge in [-0.1, -0.05) is 72.8 Å². The second kappa shape index (κ2) is 6.42. The first-order valence-electron chi connectivity index (χ1n) is 8.65. The number of benzene rings is 2. The molecule has 2 aromatic carbocycles. The van der Waals surface area contributed by atoms with Gasteiger partial charge in [0.1, 0.15) is 0 Å². The molecule has 0 N–H and O–H groups in total. The van der Waals surface area contributed by atoms with E-state index < -0.39 is 0 Å². The second-order valence-corrected chi connectivity index (χ2v) is 6.79. The van der Waals surface area contributed by atoms with Crippen molar-refractivity contribution in [3.63, 3.8) is 0 Å². The summed E-state index contributed by atoms with van der Waals surface area (Å²) >= 11 is 0. The quantitative estimate of drug-likeness (QED) is 0.772. The van der Waals surface area contributed by atoms with E-state index in [1.807, 2.05) is 36.4 Å². The summed E-state index contributed by atoms with van der Waals surface area (Å²) in [4.78, 5) is 0. The zero-order chi connectivity index (χ0) is 17.2. The fourth-order valence-corrected chi connectivity index (χ4v) is 4.32. The lowest BCUT2D eigenvalue weighted by molar-refractivity contribution is 0.357. The summed E-state index contributed by atoms with van der Waals surface area (Å²) in [6, 6.07) is 25.3. The molecule has 2 nitrogen and oxygen atoms in total. The Morgan fingerprint density at radius 1 is 0.640 bits per heavy atom. The predicted molar refractivity (Wildman–Crippen MR) is 97.4 cm³/mol. The van der Waals surface area contributed by atoms with Crippen molar-refractivity contribution in [2.24, 2.45) is 11.8 Å². The van der Waals surface area contributed by atoms with Crippen LogP contribution in [0.3, 0.4) is 0 Å². The summed E-state index contributed by atoms with van der Waals surface area (Å²) in [6.07, 6.45) is 5.07. The fourth-order valence-electron chi connectivity index (χ4n) is 4.32. The van der Waals surface area contributed by atoms with Gasteiger partial charge in [-0.25, -0.2) is 0 Å². The van der Waals surface area contributed by atoms with Crippen LogP contribution in [0.15, 0.2) is 84.0 Å². The molecular weight excluding hydrogens is 304 g/mol. The molecule has 0 saturated heterocycles. The minimum atomic E-state index is 0.106. The van der Waals surface area contributed by atoms with Crippen molar-refractivity contribution >= 4 is 0 Å². The minimum Gasteiger partial charge on any atom is -0.193 e. The van der Waals surface area contributed by atoms with Gasteiger partial charge in [0.05, 0.1) is 12.1 Å². The summed E-state index contributed by atoms with van der Waals surface area (Å²) in [5.41, 5.74) is 4.07. The predicted octanol–water partition coefficient (Wildman–Crippen LogP) is 5.10. The van der Waals surface area contributed by atoms with Crippen molar-refractivity contribution in [1.82, 2.24) is 0 Å². The van der Waals surface area contributed by atoms with E-state index in [-0.39, 0.29) is 23.7 Å². The summed E-state index contributed by atoms with van der Waals surface area (Å²) < 4.78 is 0. The van der Waals surface area contributed by atoms with E-state index in [0.29, 0.717) is 0 Å². The molecule has 0 radical (unpaired) electrons. The third-order valence-corrected chi connectivity index (χ3v) is 5.52. The Bertz CT molecular complexity index is 833. The van der Waals surface area contributed by atoms with E-state index in [2.05, 4.69) is 48.6 Å². The molecule has 4 rings (SSSR count). The molecule has 2 aromatic rings. The van der Waals surface area contributed by atoms with E-state index in [1.54, 1.807) is 0 Å². The van der Waals surface area contributed by atoms with Gasteiger partial charge in [-0.2, -0.15) is 10.5 Å². The van der Waals surface area contributed by atoms with Crippen LogP contribution in [0.2, 0.25) is 0 Å². The van der Waals surface area contributed by atoms with Crippen molar-refractivity contribution in [3.05, 3.63) is 95.1 Å². The standard InChI is InChI=1S/C23H18N2/c24-14-18-11-20(16-7-3-1-4-8-16)22-13-23(18)21(12-19(22)15-25)17-9-5-2-6-10-17/h1-12,20-23H,13H2/t20-,21-,22-,23-/m1/s1. The Balaban J connectivity index is 1.82. The lowest BCUT2D eigenvalue weighted by Gasteiger charge is -2.41. The lowest BCUT2D eigenvalue weighted by atomic mass is 9.61. The Morgan fingerprint density at radius 3 is 1.40 bits per heavy atom. The molecule has 0 fully saturated rings. The Hall–Kier alpha value is -3.10. The highest BCUT2D eigenvalue weighted by molar-refractivity contribution is 5.47. The first kappa shape index (κ1) is 15.4. The average molecular weight is 322 g/mol. The molecule has 0 amide bonds. The zero-order valence-corrected chi connectivity index (χ0v) is 13.8. The van der Waals surface area contributed by atoms with Crippen LogP contribution in [-0.4, -0.2) is 0 Å². The topological polar surface area (TPSA) is 47.6 Å². The first-order valence-corrected chi connectivity index (χ1v) is 8.65. The van der Waals surface area contributed by atoms with Gasteiger partial charge in [0.15, 0.2) is 0 Å². The molecule has 0 aromatic heterocycles. The number of nitrogens with zero attached hydrogens (tertiary/aromatic N) is 2. The number of nitriles is 2. The largest absolute Gasteiger partial charge is 0.193 e. The highest BCUT2D eigenvalue weighted by atomic mass is 14.5. The monoisotopic (exact) mass is 322 g/mol. The van der Waals surface area contributed by atoms with Crippen molar-refractivity contribution in [1.29, 1.82) is 10.5 Å². The molecule has 4 atom stereocenters. The molecule has 0 heterocycles. The van der Waals surface area contributed by atoms with Crippen molar-refractivity contribution in [3.8, 4) is 12.1 Å². The Morgan fingerprint density at radius 2 is 1.04 bits per heavy atom. The molecule has 120 valence electrons. The van der Waals surface area contributed by atoms with Gasteiger partial charge >= 0.3 is 0 Å². The maximum atomic E-state index is 9.75. The van der Waals surface area contributed by atoms with Crippen LogP contribution in [0.4, 0.5) is 0 Å². The summed E-state index contributed by atoms with van der Waals surface area (Å²) in [5, 5.41) is 19.5. The molecule has 2 heteroatoms. The molecule has 25 heavy (non-hydrogen) atoms. The van der Waals surface area contributed by atoms with E-state index in [4.69, 9.17) is 0 Å². The third kappa shape index (κ3) is 2.67. The van der Waals surface area contributed by atoms with E-state index in [1.165, 1.54) is 11.1 Å². The SMILES string of the molecule is N#CC1=C[C@H](c2ccccc2)[C@@H]2C[C@H]1[C@@H](c1ccccc1)C=C2C#N. The van der Waals surface area contributed by atoms with Crippen molar-refractivity contribution in [2.45, 2.75) is 18.3 Å². The lowest BCUT2D eigenvalue weighted by Crippen LogP contribution is -2.31. The molecule has 0 unspecified atom stereocenters. The van der Waals surface area contributed by atoms with Crippen LogP contribution in [0.5, 0.6) is 0 Å². The van der Waals surface area contributed by atoms with Crippen LogP contribution in [0.25, 0.3) is 0 Å². The molecule has 0 spiro atoms. The number of fused-ring (bicyclic) bond motifs is 2. The fraction of sp³-hybridized carbons (Fsp3) is 0.217. The van der Waals surface area contributed by atoms with Gasteiger partial charge in [-0.15, -0.1) is 0 Å². The van der Waals surface area contributed by atoms with Crippen molar-refractivity contribution < 1.29 is 0 Å². The second-order valence-electron chi connectivity index (χ2n) is 6.79. The van der Waals surface area contributed by atoms with Crippen LogP contribution in [0, 0.1) is 34.5 Å². The summed E-state index contributed by atoms with van der Waals surface area (Å²) in [6.45, 7) is 0. The molecular formula is C23H18N2. The van der Waals surface area contributed by atoms with Gasteiger partial charge in [0.2, 0.25) is 0 Å². The van der Waals surface area contributed by atoms with Gasteiger partial charge in [0.25, 0.3) is 0 Å². The Labute approximate surface area is 148 Å². The molecule has 0 saturated carbocycles. The first-order chi connectivity index (χ1) is 12.3. The third-order valence-electron chi connectivity index (χ3n) is 5.52. The number of allylic oxidation sites excluding steroid dienone is 4. The molecule has 2 aliphatic carbocycles. The maximum absolute atomic E-state index is 9.75. The minimum absolute atomic E-state index is 0.106. The van der Waals surface area contributed by atoms with Crippen LogP contribution in [-0.2, 0) is 0 Å². The molecule has 0 aliphatic heterocycles. The van der Waals surface area contributed by atoms with Crippen LogP contribution in [0.1, 0.15) is 29.4 Å². The number of hydrogen-bond donors (Lipinski definition) is 0. The van der Waals surface area contributed by atoms with Crippen molar-refractivity contribution in [2.75, 3.05) is 0 Å². The van der Waals surface area contributed by atoms with Gasteiger partial charge in [-0.05, 0) is 17.5 Å². The normalized spacial score (nSPS) is 27.4. The Kier molecular flexibility index (Phi) is 3.96. The average Bonchev–Trinajstić information content (AvgIpc) is 2.70. The van der Waals surface area contributed by atoms with E-state index in [0.717, 1.165) is 17.6 Å². The zero-order valence-electron chi connectivity index (χ0n) is 13.8. The van der Waals surface area contributed by atoms with Gasteiger partial charge < -0.3 is 0 Å². The van der Waals surface area contributed by atoms with E-state index in [9.17, 15) is 10.5 Å². The van der Waals surface area contributed by atoms with E-state index >= 15 is 0 Å². The summed E-state index contributed by atoms with van der Waals surface area (Å²) in [5.74, 6) is 0.536. The highest BCUT2D eigenvalue weighted by Gasteiger charge is 2.41. The van der Waals surface area contributed by atoms with Gasteiger partial charge in [-0.3, -0.25) is 0 Å². The number of hydrogen-bond acceptors (Lipinski definition) is 2. The molecule has 2 bridgehead atoms. The van der Waals surface area contributed by atoms with Crippen LogP contribution < -0.4 is 0 Å². The summed E-state index contributed by atoms with van der Waals surface area (Å²) in [7, 11) is 0.